The summed E-state index contributed by atoms with van der Waals surface area (Å²) in [6.45, 7) is 4.12. The number of nitrogens with zero attached hydrogens (tertiary/aromatic N) is 1. The molecule has 0 aromatic heterocycles. The van der Waals surface area contributed by atoms with E-state index < -0.39 is 0 Å². The summed E-state index contributed by atoms with van der Waals surface area (Å²) in [6.07, 6.45) is 0. The summed E-state index contributed by atoms with van der Waals surface area (Å²) in [6, 6.07) is 11.6. The van der Waals surface area contributed by atoms with Crippen molar-refractivity contribution in [1.29, 1.82) is 0 Å². The fourth-order valence-electron chi connectivity index (χ4n) is 4.28. The molecule has 0 radical (unpaired) electrons. The van der Waals surface area contributed by atoms with E-state index in [0.717, 1.165) is 16.8 Å². The Hall–Kier alpha value is -2.93. The maximum absolute atomic E-state index is 9.80. The lowest BCUT2D eigenvalue weighted by atomic mass is 9.75. The Labute approximate surface area is 177 Å². The highest BCUT2D eigenvalue weighted by molar-refractivity contribution is 5.90. The van der Waals surface area contributed by atoms with E-state index >= 15 is 0 Å². The van der Waals surface area contributed by atoms with Crippen LogP contribution in [0.2, 0.25) is 0 Å². The molecule has 1 aliphatic heterocycles. The third-order valence-electron chi connectivity index (χ3n) is 5.94. The zero-order chi connectivity index (χ0) is 21.8. The molecule has 2 N–H and O–H groups in total. The molecule has 2 aromatic rings. The second-order valence-corrected chi connectivity index (χ2v) is 7.45. The van der Waals surface area contributed by atoms with Crippen LogP contribution in [0.4, 0.5) is 0 Å². The van der Waals surface area contributed by atoms with E-state index in [0.29, 0.717) is 23.0 Å². The quantitative estimate of drug-likeness (QED) is 0.544. The molecule has 4 unspecified atom stereocenters. The van der Waals surface area contributed by atoms with Crippen molar-refractivity contribution in [3.63, 3.8) is 0 Å². The van der Waals surface area contributed by atoms with Crippen molar-refractivity contribution in [1.82, 2.24) is 5.32 Å². The Morgan fingerprint density at radius 1 is 0.700 bits per heavy atom. The van der Waals surface area contributed by atoms with Gasteiger partial charge < -0.3 is 29.5 Å². The molecule has 1 saturated heterocycles. The van der Waals surface area contributed by atoms with Gasteiger partial charge >= 0.3 is 0 Å². The summed E-state index contributed by atoms with van der Waals surface area (Å²) in [5.74, 6) is 2.63. The second kappa shape index (κ2) is 9.26. The summed E-state index contributed by atoms with van der Waals surface area (Å²) in [5.41, 5.74) is 2.80. The Morgan fingerprint density at radius 3 is 1.43 bits per heavy atom. The average molecular weight is 415 g/mol. The van der Waals surface area contributed by atoms with Crippen LogP contribution in [0.15, 0.2) is 41.6 Å². The SMILES string of the molecule is COc1ccc(C2NC(c3ccc(OC)c(OC)c3)C(C)C(=NO)C2C)cc1OC. The summed E-state index contributed by atoms with van der Waals surface area (Å²) in [4.78, 5) is 0. The fraction of sp³-hybridized carbons (Fsp3) is 0.435. The highest BCUT2D eigenvalue weighted by atomic mass is 16.5. The van der Waals surface area contributed by atoms with Gasteiger partial charge in [0, 0.05) is 23.9 Å². The number of benzene rings is 2. The van der Waals surface area contributed by atoms with Gasteiger partial charge in [-0.1, -0.05) is 31.1 Å². The molecule has 2 aromatic carbocycles. The maximum atomic E-state index is 9.80. The van der Waals surface area contributed by atoms with Gasteiger partial charge in [0.05, 0.1) is 34.2 Å². The molecule has 0 aliphatic carbocycles. The molecule has 7 nitrogen and oxygen atoms in total. The molecule has 0 spiro atoms. The number of rotatable bonds is 6. The predicted octanol–water partition coefficient (Wildman–Crippen LogP) is 4.21. The van der Waals surface area contributed by atoms with Gasteiger partial charge in [-0.3, -0.25) is 0 Å². The van der Waals surface area contributed by atoms with Crippen LogP contribution in [0.5, 0.6) is 23.0 Å². The minimum absolute atomic E-state index is 0.0144. The second-order valence-electron chi connectivity index (χ2n) is 7.45. The molecule has 7 heteroatoms. The van der Waals surface area contributed by atoms with Crippen LogP contribution in [0.25, 0.3) is 0 Å². The van der Waals surface area contributed by atoms with Gasteiger partial charge in [0.2, 0.25) is 0 Å². The molecule has 0 amide bonds. The molecular formula is C23H30N2O5. The Kier molecular flexibility index (Phi) is 6.72. The van der Waals surface area contributed by atoms with Crippen LogP contribution in [0.1, 0.15) is 37.1 Å². The molecule has 1 aliphatic rings. The number of nitrogens with one attached hydrogen (secondary N) is 1. The molecule has 1 fully saturated rings. The van der Waals surface area contributed by atoms with E-state index in [1.54, 1.807) is 28.4 Å². The van der Waals surface area contributed by atoms with Crippen molar-refractivity contribution in [3.8, 4) is 23.0 Å². The molecule has 4 atom stereocenters. The van der Waals surface area contributed by atoms with Crippen LogP contribution in [0, 0.1) is 11.8 Å². The Balaban J connectivity index is 2.03. The van der Waals surface area contributed by atoms with Gasteiger partial charge in [0.15, 0.2) is 23.0 Å². The van der Waals surface area contributed by atoms with Crippen molar-refractivity contribution in [2.75, 3.05) is 28.4 Å². The van der Waals surface area contributed by atoms with E-state index in [1.165, 1.54) is 0 Å². The molecule has 3 rings (SSSR count). The van der Waals surface area contributed by atoms with Crippen LogP contribution in [-0.4, -0.2) is 39.4 Å². The van der Waals surface area contributed by atoms with Crippen molar-refractivity contribution >= 4 is 5.71 Å². The first kappa shape index (κ1) is 21.8. The standard InChI is InChI=1S/C23H30N2O5/c1-13-21(25-26)14(2)23(16-8-10-18(28-4)20(12-16)30-6)24-22(13)15-7-9-17(27-3)19(11-15)29-5/h7-14,22-24,26H,1-6H3. The summed E-state index contributed by atoms with van der Waals surface area (Å²) >= 11 is 0. The van der Waals surface area contributed by atoms with Crippen LogP contribution in [0.3, 0.4) is 0 Å². The molecule has 1 heterocycles. The normalized spacial score (nSPS) is 23.6. The van der Waals surface area contributed by atoms with E-state index in [-0.39, 0.29) is 23.9 Å². The largest absolute Gasteiger partial charge is 0.493 e. The number of oxime groups is 1. The van der Waals surface area contributed by atoms with Crippen molar-refractivity contribution in [3.05, 3.63) is 47.5 Å². The lowest BCUT2D eigenvalue weighted by molar-refractivity contribution is 0.270. The van der Waals surface area contributed by atoms with E-state index in [4.69, 9.17) is 18.9 Å². The van der Waals surface area contributed by atoms with E-state index in [1.807, 2.05) is 36.4 Å². The number of piperidine rings is 1. The topological polar surface area (TPSA) is 81.5 Å². The van der Waals surface area contributed by atoms with Crippen molar-refractivity contribution in [2.45, 2.75) is 25.9 Å². The van der Waals surface area contributed by atoms with Crippen LogP contribution >= 0.6 is 0 Å². The molecule has 0 saturated carbocycles. The highest BCUT2D eigenvalue weighted by Crippen LogP contribution is 2.42. The van der Waals surface area contributed by atoms with Gasteiger partial charge in [0.1, 0.15) is 0 Å². The van der Waals surface area contributed by atoms with E-state index in [9.17, 15) is 5.21 Å². The first-order valence-corrected chi connectivity index (χ1v) is 9.90. The fourth-order valence-corrected chi connectivity index (χ4v) is 4.28. The van der Waals surface area contributed by atoms with Crippen molar-refractivity contribution < 1.29 is 24.2 Å². The number of methoxy groups -OCH3 is 4. The summed E-state index contributed by atoms with van der Waals surface area (Å²) < 4.78 is 21.7. The Morgan fingerprint density at radius 2 is 1.10 bits per heavy atom. The minimum atomic E-state index is -0.0787. The third-order valence-corrected chi connectivity index (χ3v) is 5.94. The number of ether oxygens (including phenoxy) is 4. The first-order chi connectivity index (χ1) is 14.5. The number of hydrogen-bond donors (Lipinski definition) is 2. The predicted molar refractivity (Wildman–Crippen MR) is 115 cm³/mol. The molecule has 30 heavy (non-hydrogen) atoms. The van der Waals surface area contributed by atoms with Gasteiger partial charge in [-0.15, -0.1) is 0 Å². The lowest BCUT2D eigenvalue weighted by Gasteiger charge is -2.41. The van der Waals surface area contributed by atoms with E-state index in [2.05, 4.69) is 24.3 Å². The maximum Gasteiger partial charge on any atom is 0.161 e. The van der Waals surface area contributed by atoms with Crippen LogP contribution < -0.4 is 24.3 Å². The van der Waals surface area contributed by atoms with Gasteiger partial charge in [-0.25, -0.2) is 0 Å². The van der Waals surface area contributed by atoms with Gasteiger partial charge in [-0.05, 0) is 35.4 Å². The third kappa shape index (κ3) is 3.89. The van der Waals surface area contributed by atoms with Gasteiger partial charge in [0.25, 0.3) is 0 Å². The highest BCUT2D eigenvalue weighted by Gasteiger charge is 2.39. The van der Waals surface area contributed by atoms with Crippen LogP contribution in [-0.2, 0) is 0 Å². The summed E-state index contributed by atoms with van der Waals surface area (Å²) in [5, 5.41) is 17.2. The summed E-state index contributed by atoms with van der Waals surface area (Å²) in [7, 11) is 6.47. The zero-order valence-electron chi connectivity index (χ0n) is 18.3. The average Bonchev–Trinajstić information content (AvgIpc) is 2.78. The van der Waals surface area contributed by atoms with Gasteiger partial charge in [-0.2, -0.15) is 0 Å². The minimum Gasteiger partial charge on any atom is -0.493 e. The smallest absolute Gasteiger partial charge is 0.161 e. The number of hydrogen-bond acceptors (Lipinski definition) is 7. The van der Waals surface area contributed by atoms with Crippen molar-refractivity contribution in [2.24, 2.45) is 17.0 Å². The molecule has 162 valence electrons. The lowest BCUT2D eigenvalue weighted by Crippen LogP contribution is -2.46. The Bertz CT molecular complexity index is 845. The first-order valence-electron chi connectivity index (χ1n) is 9.90. The molecular weight excluding hydrogens is 384 g/mol. The molecule has 0 bridgehead atoms. The zero-order valence-corrected chi connectivity index (χ0v) is 18.3. The monoisotopic (exact) mass is 414 g/mol.